The number of benzene rings is 1. The van der Waals surface area contributed by atoms with Crippen molar-refractivity contribution in [2.45, 2.75) is 5.88 Å². The topological polar surface area (TPSA) is 22.1 Å². The maximum atomic E-state index is 5.74. The van der Waals surface area contributed by atoms with Crippen LogP contribution in [0.3, 0.4) is 0 Å². The highest BCUT2D eigenvalue weighted by Crippen LogP contribution is 2.24. The number of fused-ring (bicyclic) bond motifs is 1. The number of halogens is 2. The van der Waals surface area contributed by atoms with Crippen LogP contribution in [0, 0.1) is 0 Å². The van der Waals surface area contributed by atoms with Crippen molar-refractivity contribution in [3.63, 3.8) is 0 Å². The lowest BCUT2D eigenvalue weighted by atomic mass is 10.1. The summed E-state index contributed by atoms with van der Waals surface area (Å²) < 4.78 is 5.24. The van der Waals surface area contributed by atoms with Crippen LogP contribution in [0.15, 0.2) is 30.5 Å². The zero-order valence-corrected chi connectivity index (χ0v) is 9.81. The summed E-state index contributed by atoms with van der Waals surface area (Å²) in [5, 5.41) is 1.01. The average Bonchev–Trinajstić information content (AvgIpc) is 2.27. The number of methoxy groups -OCH3 is 1. The first-order chi connectivity index (χ1) is 6.85. The SMILES string of the molecule is COc1cccc2ncc(CCl)cc12.Cl. The summed E-state index contributed by atoms with van der Waals surface area (Å²) >= 11 is 5.74. The molecule has 0 amide bonds. The molecule has 0 saturated carbocycles. The Hall–Kier alpha value is -0.990. The fraction of sp³-hybridized carbons (Fsp3) is 0.182. The van der Waals surface area contributed by atoms with Gasteiger partial charge in [0, 0.05) is 17.5 Å². The van der Waals surface area contributed by atoms with Crippen LogP contribution in [0.1, 0.15) is 5.56 Å². The van der Waals surface area contributed by atoms with Gasteiger partial charge in [0.25, 0.3) is 0 Å². The molecule has 15 heavy (non-hydrogen) atoms. The van der Waals surface area contributed by atoms with Crippen molar-refractivity contribution in [2.24, 2.45) is 0 Å². The van der Waals surface area contributed by atoms with Crippen LogP contribution in [0.5, 0.6) is 5.75 Å². The van der Waals surface area contributed by atoms with Crippen LogP contribution in [-0.2, 0) is 5.88 Å². The molecule has 80 valence electrons. The van der Waals surface area contributed by atoms with Gasteiger partial charge in [-0.1, -0.05) is 6.07 Å². The quantitative estimate of drug-likeness (QED) is 0.755. The lowest BCUT2D eigenvalue weighted by Crippen LogP contribution is -1.88. The summed E-state index contributed by atoms with van der Waals surface area (Å²) in [6.45, 7) is 0. The van der Waals surface area contributed by atoms with E-state index in [2.05, 4.69) is 4.98 Å². The first kappa shape index (κ1) is 12.1. The molecule has 0 saturated heterocycles. The van der Waals surface area contributed by atoms with Crippen molar-refractivity contribution in [1.82, 2.24) is 4.98 Å². The summed E-state index contributed by atoms with van der Waals surface area (Å²) in [7, 11) is 1.65. The van der Waals surface area contributed by atoms with Crippen LogP contribution in [0.25, 0.3) is 10.9 Å². The minimum absolute atomic E-state index is 0. The predicted molar refractivity (Wildman–Crippen MR) is 65.1 cm³/mol. The maximum absolute atomic E-state index is 5.74. The van der Waals surface area contributed by atoms with Gasteiger partial charge >= 0.3 is 0 Å². The highest BCUT2D eigenvalue weighted by Gasteiger charge is 2.02. The van der Waals surface area contributed by atoms with Crippen LogP contribution in [0.4, 0.5) is 0 Å². The van der Waals surface area contributed by atoms with Crippen LogP contribution in [0.2, 0.25) is 0 Å². The van der Waals surface area contributed by atoms with Crippen molar-refractivity contribution in [3.05, 3.63) is 36.0 Å². The van der Waals surface area contributed by atoms with E-state index >= 15 is 0 Å². The summed E-state index contributed by atoms with van der Waals surface area (Å²) in [5.41, 5.74) is 1.93. The molecule has 0 fully saturated rings. The molecule has 2 nitrogen and oxygen atoms in total. The third-order valence-electron chi connectivity index (χ3n) is 2.12. The Labute approximate surface area is 99.6 Å². The molecule has 0 N–H and O–H groups in total. The van der Waals surface area contributed by atoms with E-state index in [4.69, 9.17) is 16.3 Å². The lowest BCUT2D eigenvalue weighted by molar-refractivity contribution is 0.419. The molecule has 1 aromatic heterocycles. The summed E-state index contributed by atoms with van der Waals surface area (Å²) in [6, 6.07) is 7.81. The molecule has 0 aliphatic carbocycles. The van der Waals surface area contributed by atoms with Gasteiger partial charge in [0.15, 0.2) is 0 Å². The molecule has 2 aromatic rings. The normalized spacial score (nSPS) is 9.73. The van der Waals surface area contributed by atoms with Crippen LogP contribution >= 0.6 is 24.0 Å². The number of hydrogen-bond acceptors (Lipinski definition) is 2. The minimum Gasteiger partial charge on any atom is -0.496 e. The average molecular weight is 244 g/mol. The molecule has 1 aromatic carbocycles. The van der Waals surface area contributed by atoms with E-state index in [9.17, 15) is 0 Å². The molecule has 0 unspecified atom stereocenters. The van der Waals surface area contributed by atoms with Crippen molar-refractivity contribution >= 4 is 34.9 Å². The Morgan fingerprint density at radius 1 is 1.40 bits per heavy atom. The van der Waals surface area contributed by atoms with Gasteiger partial charge in [-0.05, 0) is 23.8 Å². The lowest BCUT2D eigenvalue weighted by Gasteiger charge is -2.05. The van der Waals surface area contributed by atoms with E-state index in [0.717, 1.165) is 22.2 Å². The number of alkyl halides is 1. The van der Waals surface area contributed by atoms with E-state index in [-0.39, 0.29) is 12.4 Å². The molecular weight excluding hydrogens is 233 g/mol. The van der Waals surface area contributed by atoms with Gasteiger partial charge in [-0.15, -0.1) is 24.0 Å². The molecule has 0 atom stereocenters. The standard InChI is InChI=1S/C11H10ClNO.ClH/c1-14-11-4-2-3-10-9(11)5-8(6-12)7-13-10;/h2-5,7H,6H2,1H3;1H. The molecule has 0 aliphatic rings. The summed E-state index contributed by atoms with van der Waals surface area (Å²) in [5.74, 6) is 1.31. The van der Waals surface area contributed by atoms with Gasteiger partial charge < -0.3 is 4.74 Å². The van der Waals surface area contributed by atoms with E-state index < -0.39 is 0 Å². The molecular formula is C11H11Cl2NO. The van der Waals surface area contributed by atoms with E-state index in [0.29, 0.717) is 5.88 Å². The highest BCUT2D eigenvalue weighted by molar-refractivity contribution is 6.17. The summed E-state index contributed by atoms with van der Waals surface area (Å²) in [6.07, 6.45) is 1.79. The van der Waals surface area contributed by atoms with Gasteiger partial charge in [0.1, 0.15) is 5.75 Å². The molecule has 0 spiro atoms. The number of pyridine rings is 1. The van der Waals surface area contributed by atoms with Crippen molar-refractivity contribution in [3.8, 4) is 5.75 Å². The largest absolute Gasteiger partial charge is 0.496 e. The molecule has 0 aliphatic heterocycles. The molecule has 0 bridgehead atoms. The second-order valence-electron chi connectivity index (χ2n) is 3.00. The monoisotopic (exact) mass is 243 g/mol. The minimum atomic E-state index is 0. The maximum Gasteiger partial charge on any atom is 0.128 e. The van der Waals surface area contributed by atoms with Crippen LogP contribution in [-0.4, -0.2) is 12.1 Å². The zero-order chi connectivity index (χ0) is 9.97. The molecule has 2 rings (SSSR count). The van der Waals surface area contributed by atoms with Gasteiger partial charge in [0.2, 0.25) is 0 Å². The fourth-order valence-electron chi connectivity index (χ4n) is 1.42. The fourth-order valence-corrected chi connectivity index (χ4v) is 1.56. The smallest absolute Gasteiger partial charge is 0.128 e. The number of hydrogen-bond donors (Lipinski definition) is 0. The molecule has 1 heterocycles. The van der Waals surface area contributed by atoms with Crippen molar-refractivity contribution < 1.29 is 4.74 Å². The number of aromatic nitrogens is 1. The zero-order valence-electron chi connectivity index (χ0n) is 8.24. The first-order valence-corrected chi connectivity index (χ1v) is 4.86. The van der Waals surface area contributed by atoms with Crippen molar-refractivity contribution in [2.75, 3.05) is 7.11 Å². The van der Waals surface area contributed by atoms with E-state index in [1.807, 2.05) is 24.3 Å². The second-order valence-corrected chi connectivity index (χ2v) is 3.27. The van der Waals surface area contributed by atoms with Gasteiger partial charge in [-0.2, -0.15) is 0 Å². The number of rotatable bonds is 2. The van der Waals surface area contributed by atoms with Crippen LogP contribution < -0.4 is 4.74 Å². The predicted octanol–water partition coefficient (Wildman–Crippen LogP) is 3.40. The Kier molecular flexibility index (Phi) is 4.18. The second kappa shape index (κ2) is 5.19. The number of ether oxygens (including phenoxy) is 1. The van der Waals surface area contributed by atoms with Crippen molar-refractivity contribution in [1.29, 1.82) is 0 Å². The molecule has 4 heteroatoms. The molecule has 0 radical (unpaired) electrons. The third-order valence-corrected chi connectivity index (χ3v) is 2.43. The Bertz CT molecular complexity index is 459. The summed E-state index contributed by atoms with van der Waals surface area (Å²) in [4.78, 5) is 4.30. The van der Waals surface area contributed by atoms with E-state index in [1.54, 1.807) is 13.3 Å². The third kappa shape index (κ3) is 2.33. The van der Waals surface area contributed by atoms with Gasteiger partial charge in [-0.3, -0.25) is 4.98 Å². The highest BCUT2D eigenvalue weighted by atomic mass is 35.5. The Morgan fingerprint density at radius 3 is 2.87 bits per heavy atom. The Morgan fingerprint density at radius 2 is 2.20 bits per heavy atom. The Balaban J connectivity index is 0.00000112. The van der Waals surface area contributed by atoms with Gasteiger partial charge in [-0.25, -0.2) is 0 Å². The number of nitrogens with zero attached hydrogens (tertiary/aromatic N) is 1. The van der Waals surface area contributed by atoms with E-state index in [1.165, 1.54) is 0 Å². The first-order valence-electron chi connectivity index (χ1n) is 4.33. The van der Waals surface area contributed by atoms with Gasteiger partial charge in [0.05, 0.1) is 12.6 Å².